The molecule has 0 N–H and O–H groups in total. The van der Waals surface area contributed by atoms with Gasteiger partial charge in [0.15, 0.2) is 0 Å². The highest BCUT2D eigenvalue weighted by Gasteiger charge is 2.46. The minimum Gasteiger partial charge on any atom is -0.0661 e. The summed E-state index contributed by atoms with van der Waals surface area (Å²) in [6.45, 7) is 43.6. The van der Waals surface area contributed by atoms with Gasteiger partial charge in [-0.2, -0.15) is 0 Å². The zero-order chi connectivity index (χ0) is 47.1. The van der Waals surface area contributed by atoms with Gasteiger partial charge >= 0.3 is 0 Å². The monoisotopic (exact) mass is 859 g/mol. The third kappa shape index (κ3) is 5.54. The Balaban J connectivity index is 1.31. The van der Waals surface area contributed by atoms with Crippen LogP contribution in [-0.2, 0) is 32.5 Å². The molecule has 0 spiro atoms. The number of fused-ring (bicyclic) bond motifs is 10. The lowest BCUT2D eigenvalue weighted by molar-refractivity contribution is 0.589. The van der Waals surface area contributed by atoms with Crippen LogP contribution in [0.15, 0.2) is 84.9 Å². The standard InChI is InChI=1S/C64H68B2/c1-59(2,3)33-19-21-49-37(23-33)41-25-35(61(7,8)9)27-43-39-29-47(63(13,14)15)46-32-52-54-40(30-48(64(16,17)18)45-31-51(65(49)57(41)43)53(39)55(46)56(45)54)44-28-36(62(10,11)12)26-42-38-24-34(60(4,5)6)20-22-50(38)66(52)58(42)44/h19-32H,1-18H3. The third-order valence-electron chi connectivity index (χ3n) is 16.7. The highest BCUT2D eigenvalue weighted by Crippen LogP contribution is 2.52. The first-order valence-electron chi connectivity index (χ1n) is 25.1. The molecule has 0 radical (unpaired) electrons. The lowest BCUT2D eigenvalue weighted by atomic mass is 9.34. The zero-order valence-electron chi connectivity index (χ0n) is 43.2. The second-order valence-corrected chi connectivity index (χ2v) is 27.4. The molecule has 0 aromatic heterocycles. The topological polar surface area (TPSA) is 0 Å². The fraction of sp³-hybridized carbons (Fsp3) is 0.375. The lowest BCUT2D eigenvalue weighted by Crippen LogP contribution is -2.53. The molecule has 0 unspecified atom stereocenters. The maximum Gasteiger partial charge on any atom is 0.244 e. The van der Waals surface area contributed by atoms with Crippen LogP contribution in [0.1, 0.15) is 158 Å². The molecule has 0 aliphatic carbocycles. The minimum absolute atomic E-state index is 0.00583. The molecule has 0 saturated carbocycles. The molecule has 4 heterocycles. The quantitative estimate of drug-likeness (QED) is 0.105. The smallest absolute Gasteiger partial charge is 0.0661 e. The third-order valence-corrected chi connectivity index (χ3v) is 16.7. The van der Waals surface area contributed by atoms with Gasteiger partial charge in [-0.25, -0.2) is 0 Å². The Kier molecular flexibility index (Phi) is 8.02. The molecule has 0 nitrogen and oxygen atoms in total. The SMILES string of the molecule is CC(C)(C)c1ccc2c(c1)-c1cc(C(C)(C)C)cc3c1B2c1cc2c(C(C)(C)C)cc4c5c(cc6c(C(C)(C)C)cc-3c1c6c25)B1c2ccc(C(C)(C)C)cc2-c2cc(C(C)(C)C)cc-4c21. The van der Waals surface area contributed by atoms with Crippen LogP contribution in [0.5, 0.6) is 0 Å². The van der Waals surface area contributed by atoms with Crippen molar-refractivity contribution in [1.82, 2.24) is 0 Å². The van der Waals surface area contributed by atoms with Crippen LogP contribution in [-0.4, -0.2) is 13.4 Å². The van der Waals surface area contributed by atoms with Gasteiger partial charge < -0.3 is 0 Å². The minimum atomic E-state index is -0.0951. The van der Waals surface area contributed by atoms with E-state index < -0.39 is 0 Å². The summed E-state index contributed by atoms with van der Waals surface area (Å²) in [6.07, 6.45) is 0. The Morgan fingerprint density at radius 1 is 0.258 bits per heavy atom. The molecule has 330 valence electrons. The van der Waals surface area contributed by atoms with E-state index in [0.717, 1.165) is 0 Å². The molecular weight excluding hydrogens is 790 g/mol. The summed E-state index contributed by atoms with van der Waals surface area (Å²) in [5.74, 6) is 0. The zero-order valence-corrected chi connectivity index (χ0v) is 43.2. The van der Waals surface area contributed by atoms with E-state index in [1.807, 2.05) is 0 Å². The van der Waals surface area contributed by atoms with Crippen molar-refractivity contribution in [2.75, 3.05) is 0 Å². The fourth-order valence-corrected chi connectivity index (χ4v) is 13.1. The van der Waals surface area contributed by atoms with Crippen molar-refractivity contribution in [2.45, 2.75) is 157 Å². The van der Waals surface area contributed by atoms with E-state index in [4.69, 9.17) is 0 Å². The van der Waals surface area contributed by atoms with Gasteiger partial charge in [-0.15, -0.1) is 0 Å². The Hall–Kier alpha value is -5.07. The van der Waals surface area contributed by atoms with Gasteiger partial charge in [0.1, 0.15) is 0 Å². The molecule has 0 bridgehead atoms. The van der Waals surface area contributed by atoms with E-state index in [1.54, 1.807) is 0 Å². The maximum absolute atomic E-state index is 2.72. The molecule has 8 aromatic carbocycles. The molecule has 0 fully saturated rings. The van der Waals surface area contributed by atoms with E-state index in [0.29, 0.717) is 0 Å². The Morgan fingerprint density at radius 2 is 0.561 bits per heavy atom. The van der Waals surface area contributed by atoms with Crippen molar-refractivity contribution in [3.8, 4) is 44.5 Å². The molecule has 0 amide bonds. The van der Waals surface area contributed by atoms with Crippen molar-refractivity contribution >= 4 is 78.5 Å². The summed E-state index contributed by atoms with van der Waals surface area (Å²) >= 11 is 0. The van der Waals surface area contributed by atoms with Crippen LogP contribution in [0.3, 0.4) is 0 Å². The van der Waals surface area contributed by atoms with Gasteiger partial charge in [0.25, 0.3) is 0 Å². The van der Waals surface area contributed by atoms with E-state index in [9.17, 15) is 0 Å². The molecule has 8 aromatic rings. The highest BCUT2D eigenvalue weighted by atomic mass is 14.4. The second kappa shape index (κ2) is 12.5. The van der Waals surface area contributed by atoms with Gasteiger partial charge in [0, 0.05) is 0 Å². The van der Waals surface area contributed by atoms with Gasteiger partial charge in [0.05, 0.1) is 0 Å². The fourth-order valence-electron chi connectivity index (χ4n) is 13.1. The van der Waals surface area contributed by atoms with Crippen LogP contribution >= 0.6 is 0 Å². The van der Waals surface area contributed by atoms with Gasteiger partial charge in [0.2, 0.25) is 13.4 Å². The summed E-state index contributed by atoms with van der Waals surface area (Å²) in [6, 6.07) is 36.2. The highest BCUT2D eigenvalue weighted by molar-refractivity contribution is 7.03. The van der Waals surface area contributed by atoms with Crippen molar-refractivity contribution in [2.24, 2.45) is 0 Å². The summed E-state index contributed by atoms with van der Waals surface area (Å²) in [7, 11) is 0. The van der Waals surface area contributed by atoms with E-state index >= 15 is 0 Å². The van der Waals surface area contributed by atoms with Crippen LogP contribution in [0.2, 0.25) is 0 Å². The van der Waals surface area contributed by atoms with Crippen molar-refractivity contribution in [3.05, 3.63) is 118 Å². The normalized spacial score (nSPS) is 15.1. The van der Waals surface area contributed by atoms with Gasteiger partial charge in [-0.1, -0.05) is 230 Å². The largest absolute Gasteiger partial charge is 0.244 e. The van der Waals surface area contributed by atoms with Gasteiger partial charge in [-0.3, -0.25) is 0 Å². The predicted molar refractivity (Wildman–Crippen MR) is 293 cm³/mol. The predicted octanol–water partition coefficient (Wildman–Crippen LogP) is 13.3. The molecule has 4 aliphatic rings. The Morgan fingerprint density at radius 3 is 0.864 bits per heavy atom. The van der Waals surface area contributed by atoms with E-state index in [1.165, 1.54) is 143 Å². The average molecular weight is 859 g/mol. The second-order valence-electron chi connectivity index (χ2n) is 27.4. The van der Waals surface area contributed by atoms with Crippen molar-refractivity contribution < 1.29 is 0 Å². The number of rotatable bonds is 0. The van der Waals surface area contributed by atoms with Crippen molar-refractivity contribution in [3.63, 3.8) is 0 Å². The van der Waals surface area contributed by atoms with Crippen LogP contribution in [0.4, 0.5) is 0 Å². The number of benzene rings is 8. The summed E-state index contributed by atoms with van der Waals surface area (Å²) < 4.78 is 0. The first-order valence-corrected chi connectivity index (χ1v) is 25.1. The molecule has 2 heteroatoms. The van der Waals surface area contributed by atoms with Crippen molar-refractivity contribution in [1.29, 1.82) is 0 Å². The summed E-state index contributed by atoms with van der Waals surface area (Å²) in [4.78, 5) is 0. The average Bonchev–Trinajstić information content (AvgIpc) is 3.72. The first-order chi connectivity index (χ1) is 30.5. The Labute approximate surface area is 396 Å². The molecule has 4 aliphatic heterocycles. The van der Waals surface area contributed by atoms with E-state index in [2.05, 4.69) is 210 Å². The summed E-state index contributed by atoms with van der Waals surface area (Å²) in [5.41, 5.74) is 28.9. The number of hydrogen-bond donors (Lipinski definition) is 0. The molecule has 0 saturated heterocycles. The molecule has 66 heavy (non-hydrogen) atoms. The van der Waals surface area contributed by atoms with Gasteiger partial charge in [-0.05, 0) is 155 Å². The maximum atomic E-state index is 2.72. The molecular formula is C64H68B2. The lowest BCUT2D eigenvalue weighted by Gasteiger charge is -2.36. The van der Waals surface area contributed by atoms with Crippen LogP contribution in [0.25, 0.3) is 76.8 Å². The van der Waals surface area contributed by atoms with E-state index in [-0.39, 0.29) is 45.9 Å². The van der Waals surface area contributed by atoms with Crippen LogP contribution < -0.4 is 32.8 Å². The molecule has 12 rings (SSSR count). The first kappa shape index (κ1) is 42.3. The Bertz CT molecular complexity index is 3280. The van der Waals surface area contributed by atoms with Crippen LogP contribution in [0, 0.1) is 0 Å². The number of hydrogen-bond acceptors (Lipinski definition) is 0. The molecule has 0 atom stereocenters. The summed E-state index contributed by atoms with van der Waals surface area (Å²) in [5, 5.41) is 8.82.